The Hall–Kier alpha value is -1.87. The monoisotopic (exact) mass is 334 g/mol. The van der Waals surface area contributed by atoms with Gasteiger partial charge in [0.25, 0.3) is 0 Å². The van der Waals surface area contributed by atoms with Crippen molar-refractivity contribution in [2.75, 3.05) is 7.11 Å². The number of methoxy groups -OCH3 is 1. The topological polar surface area (TPSA) is 63.7 Å². The molecule has 0 amide bonds. The zero-order chi connectivity index (χ0) is 14.7. The first-order valence-corrected chi connectivity index (χ1v) is 7.16. The van der Waals surface area contributed by atoms with E-state index in [1.54, 1.807) is 17.9 Å². The molecular formula is C14H15BrN4O. The number of pyridine rings is 1. The minimum absolute atomic E-state index is 0.525. The van der Waals surface area contributed by atoms with E-state index < -0.39 is 0 Å². The Morgan fingerprint density at radius 2 is 2.15 bits per heavy atom. The van der Waals surface area contributed by atoms with Crippen LogP contribution < -0.4 is 4.74 Å². The van der Waals surface area contributed by atoms with Gasteiger partial charge in [-0.2, -0.15) is 5.26 Å². The fourth-order valence-electron chi connectivity index (χ4n) is 2.07. The predicted octanol–water partition coefficient (Wildman–Crippen LogP) is 3.03. The second-order valence-electron chi connectivity index (χ2n) is 4.16. The standard InChI is InChI=1S/C14H15BrN4O/c1-4-10-11(7-16)19(13(5-2)18-10)14-12(20-3)6-9(15)8-17-14/h6,8H,4-5H2,1-3H3. The van der Waals surface area contributed by atoms with Gasteiger partial charge in [-0.15, -0.1) is 0 Å². The van der Waals surface area contributed by atoms with Gasteiger partial charge in [-0.1, -0.05) is 13.8 Å². The second-order valence-corrected chi connectivity index (χ2v) is 5.07. The molecule has 0 fully saturated rings. The highest BCUT2D eigenvalue weighted by molar-refractivity contribution is 9.10. The Balaban J connectivity index is 2.75. The molecule has 0 aliphatic carbocycles. The van der Waals surface area contributed by atoms with Gasteiger partial charge in [0, 0.05) is 17.1 Å². The Kier molecular flexibility index (Phi) is 4.40. The zero-order valence-electron chi connectivity index (χ0n) is 11.6. The van der Waals surface area contributed by atoms with Gasteiger partial charge >= 0.3 is 0 Å². The molecule has 0 aromatic carbocycles. The zero-order valence-corrected chi connectivity index (χ0v) is 13.2. The van der Waals surface area contributed by atoms with Crippen LogP contribution in [0.2, 0.25) is 0 Å². The lowest BCUT2D eigenvalue weighted by atomic mass is 10.3. The van der Waals surface area contributed by atoms with Gasteiger partial charge in [0.1, 0.15) is 17.6 Å². The molecule has 0 unspecified atom stereocenters. The molecule has 0 saturated carbocycles. The summed E-state index contributed by atoms with van der Waals surface area (Å²) < 4.78 is 7.98. The maximum Gasteiger partial charge on any atom is 0.182 e. The number of ether oxygens (including phenoxy) is 1. The molecular weight excluding hydrogens is 320 g/mol. The third kappa shape index (κ3) is 2.41. The number of aryl methyl sites for hydroxylation is 2. The molecule has 5 nitrogen and oxygen atoms in total. The Morgan fingerprint density at radius 3 is 2.70 bits per heavy atom. The van der Waals surface area contributed by atoms with E-state index in [9.17, 15) is 5.26 Å². The van der Waals surface area contributed by atoms with E-state index in [0.29, 0.717) is 23.7 Å². The molecule has 2 heterocycles. The highest BCUT2D eigenvalue weighted by Gasteiger charge is 2.20. The van der Waals surface area contributed by atoms with Gasteiger partial charge in [0.2, 0.25) is 0 Å². The van der Waals surface area contributed by atoms with Crippen molar-refractivity contribution in [3.05, 3.63) is 33.9 Å². The van der Waals surface area contributed by atoms with Crippen LogP contribution in [-0.2, 0) is 12.8 Å². The number of aromatic nitrogens is 3. The first-order chi connectivity index (χ1) is 9.65. The summed E-state index contributed by atoms with van der Waals surface area (Å²) in [5.41, 5.74) is 1.31. The molecule has 0 bridgehead atoms. The summed E-state index contributed by atoms with van der Waals surface area (Å²) in [7, 11) is 1.59. The van der Waals surface area contributed by atoms with Crippen molar-refractivity contribution in [3.8, 4) is 17.6 Å². The molecule has 0 spiro atoms. The molecule has 0 saturated heterocycles. The molecule has 20 heavy (non-hydrogen) atoms. The SMILES string of the molecule is CCc1nc(CC)n(-c2ncc(Br)cc2OC)c1C#N. The van der Waals surface area contributed by atoms with Gasteiger partial charge in [-0.3, -0.25) is 4.57 Å². The third-order valence-electron chi connectivity index (χ3n) is 3.01. The van der Waals surface area contributed by atoms with Crippen LogP contribution in [0.3, 0.4) is 0 Å². The summed E-state index contributed by atoms with van der Waals surface area (Å²) in [6.45, 7) is 3.99. The van der Waals surface area contributed by atoms with Crippen molar-refractivity contribution in [2.45, 2.75) is 26.7 Å². The van der Waals surface area contributed by atoms with Gasteiger partial charge in [-0.05, 0) is 28.4 Å². The van der Waals surface area contributed by atoms with E-state index in [1.807, 2.05) is 19.9 Å². The van der Waals surface area contributed by atoms with E-state index in [4.69, 9.17) is 4.74 Å². The van der Waals surface area contributed by atoms with E-state index in [-0.39, 0.29) is 0 Å². The average Bonchev–Trinajstić information content (AvgIpc) is 2.84. The fraction of sp³-hybridized carbons (Fsp3) is 0.357. The lowest BCUT2D eigenvalue weighted by Gasteiger charge is -2.11. The maximum atomic E-state index is 9.43. The molecule has 2 rings (SSSR count). The fourth-order valence-corrected chi connectivity index (χ4v) is 2.39. The Bertz CT molecular complexity index is 673. The van der Waals surface area contributed by atoms with Crippen molar-refractivity contribution >= 4 is 15.9 Å². The van der Waals surface area contributed by atoms with Crippen LogP contribution in [0, 0.1) is 11.3 Å². The highest BCUT2D eigenvalue weighted by atomic mass is 79.9. The predicted molar refractivity (Wildman–Crippen MR) is 79.1 cm³/mol. The summed E-state index contributed by atoms with van der Waals surface area (Å²) in [6, 6.07) is 4.06. The molecule has 0 aliphatic heterocycles. The molecule has 0 aliphatic rings. The number of imidazole rings is 1. The van der Waals surface area contributed by atoms with Gasteiger partial charge in [0.15, 0.2) is 11.6 Å². The molecule has 104 valence electrons. The second kappa shape index (κ2) is 6.06. The van der Waals surface area contributed by atoms with Crippen LogP contribution in [0.15, 0.2) is 16.7 Å². The number of hydrogen-bond donors (Lipinski definition) is 0. The third-order valence-corrected chi connectivity index (χ3v) is 3.44. The summed E-state index contributed by atoms with van der Waals surface area (Å²) in [5.74, 6) is 2.01. The quantitative estimate of drug-likeness (QED) is 0.861. The average molecular weight is 335 g/mol. The van der Waals surface area contributed by atoms with Crippen molar-refractivity contribution in [1.82, 2.24) is 14.5 Å². The molecule has 2 aromatic rings. The summed E-state index contributed by atoms with van der Waals surface area (Å²) in [6.07, 6.45) is 3.11. The normalized spacial score (nSPS) is 10.3. The summed E-state index contributed by atoms with van der Waals surface area (Å²) in [5, 5.41) is 9.43. The molecule has 6 heteroatoms. The van der Waals surface area contributed by atoms with Crippen molar-refractivity contribution < 1.29 is 4.74 Å². The number of nitrogens with zero attached hydrogens (tertiary/aromatic N) is 4. The highest BCUT2D eigenvalue weighted by Crippen LogP contribution is 2.28. The van der Waals surface area contributed by atoms with Crippen LogP contribution in [0.5, 0.6) is 5.75 Å². The van der Waals surface area contributed by atoms with Crippen LogP contribution in [-0.4, -0.2) is 21.6 Å². The summed E-state index contributed by atoms with van der Waals surface area (Å²) >= 11 is 3.37. The summed E-state index contributed by atoms with van der Waals surface area (Å²) in [4.78, 5) is 8.91. The van der Waals surface area contributed by atoms with E-state index in [0.717, 1.165) is 22.4 Å². The number of hydrogen-bond acceptors (Lipinski definition) is 4. The Labute approximate surface area is 126 Å². The van der Waals surface area contributed by atoms with E-state index in [2.05, 4.69) is 32.0 Å². The minimum Gasteiger partial charge on any atom is -0.493 e. The van der Waals surface area contributed by atoms with E-state index in [1.165, 1.54) is 0 Å². The maximum absolute atomic E-state index is 9.43. The molecule has 0 atom stereocenters. The largest absolute Gasteiger partial charge is 0.493 e. The van der Waals surface area contributed by atoms with Gasteiger partial charge in [0.05, 0.1) is 12.8 Å². The van der Waals surface area contributed by atoms with Crippen molar-refractivity contribution in [3.63, 3.8) is 0 Å². The number of nitriles is 1. The molecule has 0 N–H and O–H groups in total. The number of rotatable bonds is 4. The number of halogens is 1. The lowest BCUT2D eigenvalue weighted by molar-refractivity contribution is 0.410. The minimum atomic E-state index is 0.525. The van der Waals surface area contributed by atoms with Gasteiger partial charge < -0.3 is 4.74 Å². The van der Waals surface area contributed by atoms with Crippen molar-refractivity contribution in [2.24, 2.45) is 0 Å². The van der Waals surface area contributed by atoms with Gasteiger partial charge in [-0.25, -0.2) is 9.97 Å². The van der Waals surface area contributed by atoms with Crippen LogP contribution in [0.25, 0.3) is 5.82 Å². The molecule has 2 aromatic heterocycles. The smallest absolute Gasteiger partial charge is 0.182 e. The van der Waals surface area contributed by atoms with E-state index >= 15 is 0 Å². The van der Waals surface area contributed by atoms with Crippen LogP contribution in [0.1, 0.15) is 31.1 Å². The van der Waals surface area contributed by atoms with Crippen molar-refractivity contribution in [1.29, 1.82) is 5.26 Å². The lowest BCUT2D eigenvalue weighted by Crippen LogP contribution is -2.07. The van der Waals surface area contributed by atoms with Crippen LogP contribution >= 0.6 is 15.9 Å². The Morgan fingerprint density at radius 1 is 1.40 bits per heavy atom. The van der Waals surface area contributed by atoms with Crippen LogP contribution in [0.4, 0.5) is 0 Å². The first kappa shape index (κ1) is 14.5. The molecule has 0 radical (unpaired) electrons. The first-order valence-electron chi connectivity index (χ1n) is 6.36.